The molecule has 0 unspecified atom stereocenters. The van der Waals surface area contributed by atoms with Crippen molar-refractivity contribution in [1.82, 2.24) is 19.6 Å². The number of hydrogen-bond acceptors (Lipinski definition) is 4. The third kappa shape index (κ3) is 4.07. The molecule has 0 aliphatic rings. The minimum atomic E-state index is -3.52. The van der Waals surface area contributed by atoms with Crippen LogP contribution in [0.15, 0.2) is 65.8 Å². The Bertz CT molecular complexity index is 1060. The summed E-state index contributed by atoms with van der Waals surface area (Å²) in [6.07, 6.45) is 3.60. The zero-order chi connectivity index (χ0) is 19.4. The van der Waals surface area contributed by atoms with Crippen LogP contribution in [0, 0.1) is 6.92 Å². The first-order chi connectivity index (χ1) is 12.9. The maximum Gasteiger partial charge on any atom is 0.251 e. The molecule has 0 atom stereocenters. The van der Waals surface area contributed by atoms with Crippen LogP contribution in [-0.4, -0.2) is 30.9 Å². The molecule has 140 valence electrons. The Kier molecular flexibility index (Phi) is 5.38. The molecule has 0 bridgehead atoms. The highest BCUT2D eigenvalue weighted by Gasteiger charge is 2.13. The molecule has 0 saturated carbocycles. The molecule has 3 rings (SSSR count). The van der Waals surface area contributed by atoms with Crippen molar-refractivity contribution in [3.05, 3.63) is 77.9 Å². The van der Waals surface area contributed by atoms with Gasteiger partial charge in [-0.1, -0.05) is 18.2 Å². The Morgan fingerprint density at radius 2 is 1.81 bits per heavy atom. The number of nitrogens with zero attached hydrogens (tertiary/aromatic N) is 2. The van der Waals surface area contributed by atoms with Crippen LogP contribution in [0.25, 0.3) is 5.69 Å². The van der Waals surface area contributed by atoms with E-state index in [1.165, 1.54) is 31.3 Å². The first-order valence-electron chi connectivity index (χ1n) is 8.32. The molecule has 0 fully saturated rings. The Morgan fingerprint density at radius 1 is 1.11 bits per heavy atom. The quantitative estimate of drug-likeness (QED) is 0.680. The van der Waals surface area contributed by atoms with Gasteiger partial charge in [0.05, 0.1) is 10.6 Å². The van der Waals surface area contributed by atoms with Gasteiger partial charge in [0, 0.05) is 24.5 Å². The summed E-state index contributed by atoms with van der Waals surface area (Å²) in [4.78, 5) is 16.8. The highest BCUT2D eigenvalue weighted by atomic mass is 32.2. The van der Waals surface area contributed by atoms with Gasteiger partial charge in [-0.3, -0.25) is 4.79 Å². The summed E-state index contributed by atoms with van der Waals surface area (Å²) in [7, 11) is -2.18. The number of amides is 1. The predicted molar refractivity (Wildman–Crippen MR) is 102 cm³/mol. The van der Waals surface area contributed by atoms with Gasteiger partial charge in [0.2, 0.25) is 10.0 Å². The minimum Gasteiger partial charge on any atom is -0.348 e. The molecule has 0 radical (unpaired) electrons. The number of aryl methyl sites for hydroxylation is 1. The lowest BCUT2D eigenvalue weighted by Crippen LogP contribution is -2.24. The lowest BCUT2D eigenvalue weighted by atomic mass is 10.1. The summed E-state index contributed by atoms with van der Waals surface area (Å²) in [6, 6.07) is 13.5. The van der Waals surface area contributed by atoms with Crippen LogP contribution in [0.4, 0.5) is 0 Å². The number of imidazole rings is 1. The number of sulfonamides is 1. The highest BCUT2D eigenvalue weighted by molar-refractivity contribution is 7.89. The van der Waals surface area contributed by atoms with Crippen LogP contribution in [-0.2, 0) is 16.6 Å². The van der Waals surface area contributed by atoms with E-state index in [0.717, 1.165) is 17.1 Å². The summed E-state index contributed by atoms with van der Waals surface area (Å²) < 4.78 is 27.7. The Hall–Kier alpha value is -2.97. The molecule has 0 saturated heterocycles. The van der Waals surface area contributed by atoms with Crippen molar-refractivity contribution in [2.75, 3.05) is 7.05 Å². The second-order valence-electron chi connectivity index (χ2n) is 5.89. The first-order valence-corrected chi connectivity index (χ1v) is 9.81. The van der Waals surface area contributed by atoms with E-state index in [0.29, 0.717) is 12.1 Å². The minimum absolute atomic E-state index is 0.113. The smallest absolute Gasteiger partial charge is 0.251 e. The number of nitrogens with one attached hydrogen (secondary N) is 2. The maximum absolute atomic E-state index is 12.4. The van der Waals surface area contributed by atoms with Gasteiger partial charge in [-0.15, -0.1) is 0 Å². The van der Waals surface area contributed by atoms with E-state index >= 15 is 0 Å². The van der Waals surface area contributed by atoms with Crippen molar-refractivity contribution in [3.8, 4) is 5.69 Å². The molecule has 3 aromatic rings. The molecule has 2 aromatic carbocycles. The van der Waals surface area contributed by atoms with Crippen molar-refractivity contribution in [2.45, 2.75) is 18.4 Å². The third-order valence-electron chi connectivity index (χ3n) is 4.21. The Balaban J connectivity index is 1.75. The maximum atomic E-state index is 12.4. The molecule has 7 nitrogen and oxygen atoms in total. The standard InChI is InChI=1S/C19H20N4O3S/c1-14-21-11-12-23(14)18-6-4-3-5-16(18)13-22-19(24)15-7-9-17(10-8-15)27(25,26)20-2/h3-12,20H,13H2,1-2H3,(H,22,24). The molecule has 1 aromatic heterocycles. The van der Waals surface area contributed by atoms with Crippen LogP contribution >= 0.6 is 0 Å². The zero-order valence-electron chi connectivity index (χ0n) is 15.0. The van der Waals surface area contributed by atoms with E-state index < -0.39 is 10.0 Å². The molecule has 27 heavy (non-hydrogen) atoms. The molecule has 1 amide bonds. The fourth-order valence-electron chi connectivity index (χ4n) is 2.71. The summed E-state index contributed by atoms with van der Waals surface area (Å²) >= 11 is 0. The van der Waals surface area contributed by atoms with E-state index in [1.54, 1.807) is 6.20 Å². The highest BCUT2D eigenvalue weighted by Crippen LogP contribution is 2.16. The molecule has 0 aliphatic heterocycles. The summed E-state index contributed by atoms with van der Waals surface area (Å²) in [5.41, 5.74) is 2.28. The predicted octanol–water partition coefficient (Wildman–Crippen LogP) is 2.02. The van der Waals surface area contributed by atoms with Gasteiger partial charge >= 0.3 is 0 Å². The average molecular weight is 384 g/mol. The number of para-hydroxylation sites is 1. The number of hydrogen-bond donors (Lipinski definition) is 2. The van der Waals surface area contributed by atoms with Gasteiger partial charge in [0.25, 0.3) is 5.91 Å². The van der Waals surface area contributed by atoms with Crippen molar-refractivity contribution in [2.24, 2.45) is 0 Å². The number of aromatic nitrogens is 2. The number of rotatable bonds is 6. The summed E-state index contributed by atoms with van der Waals surface area (Å²) in [5, 5.41) is 2.87. The number of carbonyl (C=O) groups is 1. The zero-order valence-corrected chi connectivity index (χ0v) is 15.8. The lowest BCUT2D eigenvalue weighted by Gasteiger charge is -2.13. The van der Waals surface area contributed by atoms with Gasteiger partial charge in [-0.2, -0.15) is 0 Å². The SMILES string of the molecule is CNS(=O)(=O)c1ccc(C(=O)NCc2ccccc2-n2ccnc2C)cc1. The second kappa shape index (κ2) is 7.73. The second-order valence-corrected chi connectivity index (χ2v) is 7.77. The van der Waals surface area contributed by atoms with Crippen LogP contribution in [0.3, 0.4) is 0 Å². The van der Waals surface area contributed by atoms with Crippen molar-refractivity contribution in [3.63, 3.8) is 0 Å². The topological polar surface area (TPSA) is 93.1 Å². The monoisotopic (exact) mass is 384 g/mol. The van der Waals surface area contributed by atoms with E-state index in [4.69, 9.17) is 0 Å². The largest absolute Gasteiger partial charge is 0.348 e. The van der Waals surface area contributed by atoms with E-state index in [9.17, 15) is 13.2 Å². The normalized spacial score (nSPS) is 11.3. The van der Waals surface area contributed by atoms with Crippen LogP contribution in [0.1, 0.15) is 21.7 Å². The number of benzene rings is 2. The van der Waals surface area contributed by atoms with E-state index in [1.807, 2.05) is 42.0 Å². The van der Waals surface area contributed by atoms with Gasteiger partial charge < -0.3 is 9.88 Å². The van der Waals surface area contributed by atoms with Crippen LogP contribution < -0.4 is 10.0 Å². The van der Waals surface area contributed by atoms with E-state index in [2.05, 4.69) is 15.0 Å². The molecule has 0 spiro atoms. The molecule has 0 aliphatic carbocycles. The number of carbonyl (C=O) groups excluding carboxylic acids is 1. The lowest BCUT2D eigenvalue weighted by molar-refractivity contribution is 0.0951. The van der Waals surface area contributed by atoms with Crippen LogP contribution in [0.2, 0.25) is 0 Å². The van der Waals surface area contributed by atoms with Gasteiger partial charge in [0.15, 0.2) is 0 Å². The molecule has 1 heterocycles. The first kappa shape index (κ1) is 18.8. The van der Waals surface area contributed by atoms with Crippen molar-refractivity contribution in [1.29, 1.82) is 0 Å². The Morgan fingerprint density at radius 3 is 2.44 bits per heavy atom. The van der Waals surface area contributed by atoms with Crippen LogP contribution in [0.5, 0.6) is 0 Å². The van der Waals surface area contributed by atoms with Gasteiger partial charge in [0.1, 0.15) is 5.82 Å². The molecular formula is C19H20N4O3S. The fraction of sp³-hybridized carbons (Fsp3) is 0.158. The summed E-state index contributed by atoms with van der Waals surface area (Å²) in [5.74, 6) is 0.579. The van der Waals surface area contributed by atoms with Crippen molar-refractivity contribution < 1.29 is 13.2 Å². The van der Waals surface area contributed by atoms with Gasteiger partial charge in [-0.25, -0.2) is 18.1 Å². The molecule has 2 N–H and O–H groups in total. The molecular weight excluding hydrogens is 364 g/mol. The average Bonchev–Trinajstić information content (AvgIpc) is 3.12. The van der Waals surface area contributed by atoms with Crippen molar-refractivity contribution >= 4 is 15.9 Å². The third-order valence-corrected chi connectivity index (χ3v) is 5.64. The molecule has 8 heteroatoms. The van der Waals surface area contributed by atoms with Gasteiger partial charge in [-0.05, 0) is 49.9 Å². The summed E-state index contributed by atoms with van der Waals surface area (Å²) in [6.45, 7) is 2.25. The Labute approximate surface area is 158 Å². The van der Waals surface area contributed by atoms with E-state index in [-0.39, 0.29) is 10.8 Å². The fourth-order valence-corrected chi connectivity index (χ4v) is 3.44.